The van der Waals surface area contributed by atoms with Gasteiger partial charge in [0, 0.05) is 11.4 Å². The Hall–Kier alpha value is -1.04. The summed E-state index contributed by atoms with van der Waals surface area (Å²) in [6, 6.07) is 3.49. The van der Waals surface area contributed by atoms with Gasteiger partial charge in [-0.25, -0.2) is 0 Å². The molecule has 1 aromatic heterocycles. The second-order valence-electron chi connectivity index (χ2n) is 4.35. The highest BCUT2D eigenvalue weighted by Gasteiger charge is 2.19. The molecule has 1 amide bonds. The fraction of sp³-hybridized carbons (Fsp3) is 0.462. The number of carbonyl (C=O) groups excluding carboxylic acids is 1. The van der Waals surface area contributed by atoms with Gasteiger partial charge in [0.15, 0.2) is 0 Å². The monoisotopic (exact) mass is 301 g/mol. The van der Waals surface area contributed by atoms with Crippen LogP contribution in [0.5, 0.6) is 0 Å². The lowest BCUT2D eigenvalue weighted by Crippen LogP contribution is -2.31. The van der Waals surface area contributed by atoms with Crippen LogP contribution < -0.4 is 5.32 Å². The summed E-state index contributed by atoms with van der Waals surface area (Å²) in [6.45, 7) is 2.63. The number of amides is 1. The Labute approximate surface area is 121 Å². The predicted molar refractivity (Wildman–Crippen MR) is 75.2 cm³/mol. The Bertz CT molecular complexity index is 498. The SMILES string of the molecule is CC1=C(C(=O)NCC(O)c2ccc(Cl)s2)CCCO1. The summed E-state index contributed by atoms with van der Waals surface area (Å²) in [5.41, 5.74) is 0.669. The normalized spacial score (nSPS) is 17.0. The van der Waals surface area contributed by atoms with Gasteiger partial charge >= 0.3 is 0 Å². The quantitative estimate of drug-likeness (QED) is 0.899. The molecule has 0 saturated heterocycles. The highest BCUT2D eigenvalue weighted by atomic mass is 35.5. The van der Waals surface area contributed by atoms with Crippen molar-refractivity contribution in [2.75, 3.05) is 13.2 Å². The molecule has 0 radical (unpaired) electrons. The smallest absolute Gasteiger partial charge is 0.250 e. The van der Waals surface area contributed by atoms with Crippen LogP contribution in [0.25, 0.3) is 0 Å². The number of ether oxygens (including phenoxy) is 1. The maximum atomic E-state index is 12.0. The predicted octanol–water partition coefficient (Wildman–Crippen LogP) is 2.64. The van der Waals surface area contributed by atoms with Gasteiger partial charge in [0.1, 0.15) is 11.9 Å². The van der Waals surface area contributed by atoms with Gasteiger partial charge in [-0.15, -0.1) is 11.3 Å². The number of carbonyl (C=O) groups is 1. The molecule has 4 nitrogen and oxygen atoms in total. The van der Waals surface area contributed by atoms with Crippen molar-refractivity contribution < 1.29 is 14.6 Å². The van der Waals surface area contributed by atoms with Crippen LogP contribution in [0.3, 0.4) is 0 Å². The average molecular weight is 302 g/mol. The van der Waals surface area contributed by atoms with E-state index in [9.17, 15) is 9.90 Å². The summed E-state index contributed by atoms with van der Waals surface area (Å²) in [5.74, 6) is 0.510. The van der Waals surface area contributed by atoms with Crippen molar-refractivity contribution in [3.8, 4) is 0 Å². The Morgan fingerprint density at radius 1 is 1.63 bits per heavy atom. The first-order valence-electron chi connectivity index (χ1n) is 6.12. The Balaban J connectivity index is 1.90. The molecular formula is C13H16ClNO3S. The summed E-state index contributed by atoms with van der Waals surface area (Å²) in [7, 11) is 0. The maximum Gasteiger partial charge on any atom is 0.250 e. The van der Waals surface area contributed by atoms with E-state index in [0.717, 1.165) is 17.7 Å². The number of hydrogen-bond acceptors (Lipinski definition) is 4. The summed E-state index contributed by atoms with van der Waals surface area (Å²) in [6.07, 6.45) is 0.841. The van der Waals surface area contributed by atoms with Gasteiger partial charge in [0.2, 0.25) is 0 Å². The van der Waals surface area contributed by atoms with Crippen LogP contribution in [-0.2, 0) is 9.53 Å². The lowest BCUT2D eigenvalue weighted by atomic mass is 10.1. The molecule has 0 saturated carbocycles. The van der Waals surface area contributed by atoms with Crippen molar-refractivity contribution in [2.24, 2.45) is 0 Å². The van der Waals surface area contributed by atoms with Crippen molar-refractivity contribution in [1.29, 1.82) is 0 Å². The first-order chi connectivity index (χ1) is 9.08. The summed E-state index contributed by atoms with van der Waals surface area (Å²) in [4.78, 5) is 12.7. The van der Waals surface area contributed by atoms with E-state index in [1.807, 2.05) is 0 Å². The minimum Gasteiger partial charge on any atom is -0.498 e. The lowest BCUT2D eigenvalue weighted by Gasteiger charge is -2.19. The van der Waals surface area contributed by atoms with E-state index in [0.29, 0.717) is 22.3 Å². The van der Waals surface area contributed by atoms with Crippen LogP contribution in [-0.4, -0.2) is 24.2 Å². The van der Waals surface area contributed by atoms with Crippen LogP contribution in [0.4, 0.5) is 0 Å². The molecule has 0 spiro atoms. The first-order valence-corrected chi connectivity index (χ1v) is 7.31. The lowest BCUT2D eigenvalue weighted by molar-refractivity contribution is -0.118. The molecule has 1 aliphatic rings. The average Bonchev–Trinajstić information content (AvgIpc) is 2.83. The topological polar surface area (TPSA) is 58.6 Å². The Morgan fingerprint density at radius 2 is 2.42 bits per heavy atom. The van der Waals surface area contributed by atoms with E-state index in [2.05, 4.69) is 5.32 Å². The summed E-state index contributed by atoms with van der Waals surface area (Å²) in [5, 5.41) is 12.7. The second-order valence-corrected chi connectivity index (χ2v) is 6.10. The van der Waals surface area contributed by atoms with Crippen LogP contribution in [0, 0.1) is 0 Å². The third kappa shape index (κ3) is 3.72. The number of nitrogens with one attached hydrogen (secondary N) is 1. The first kappa shape index (κ1) is 14.4. The fourth-order valence-corrected chi connectivity index (χ4v) is 2.96. The van der Waals surface area contributed by atoms with Gasteiger partial charge in [-0.05, 0) is 31.9 Å². The molecule has 1 atom stereocenters. The molecule has 1 unspecified atom stereocenters. The number of aliphatic hydroxyl groups excluding tert-OH is 1. The molecule has 0 fully saturated rings. The molecule has 104 valence electrons. The minimum atomic E-state index is -0.730. The zero-order valence-electron chi connectivity index (χ0n) is 10.6. The molecule has 6 heteroatoms. The molecule has 2 rings (SSSR count). The van der Waals surface area contributed by atoms with Crippen molar-refractivity contribution in [3.05, 3.63) is 32.7 Å². The number of allylic oxidation sites excluding steroid dienone is 1. The van der Waals surface area contributed by atoms with Crippen LogP contribution in [0.1, 0.15) is 30.7 Å². The van der Waals surface area contributed by atoms with Crippen molar-refractivity contribution in [2.45, 2.75) is 25.9 Å². The standard InChI is InChI=1S/C13H16ClNO3S/c1-8-9(3-2-6-18-8)13(17)15-7-10(16)11-4-5-12(14)19-11/h4-5,10,16H,2-3,6-7H2,1H3,(H,15,17). The van der Waals surface area contributed by atoms with Crippen LogP contribution in [0.15, 0.2) is 23.5 Å². The molecule has 0 aliphatic carbocycles. The summed E-state index contributed by atoms with van der Waals surface area (Å²) < 4.78 is 5.97. The van der Waals surface area contributed by atoms with E-state index in [1.165, 1.54) is 11.3 Å². The zero-order valence-corrected chi connectivity index (χ0v) is 12.2. The van der Waals surface area contributed by atoms with Gasteiger partial charge in [0.05, 0.1) is 16.5 Å². The van der Waals surface area contributed by atoms with Gasteiger partial charge in [-0.1, -0.05) is 11.6 Å². The zero-order chi connectivity index (χ0) is 13.8. The molecule has 2 N–H and O–H groups in total. The summed E-state index contributed by atoms with van der Waals surface area (Å²) >= 11 is 7.12. The van der Waals surface area contributed by atoms with Gasteiger partial charge < -0.3 is 15.2 Å². The largest absolute Gasteiger partial charge is 0.498 e. The van der Waals surface area contributed by atoms with Crippen molar-refractivity contribution >= 4 is 28.8 Å². The van der Waals surface area contributed by atoms with E-state index in [1.54, 1.807) is 19.1 Å². The van der Waals surface area contributed by atoms with E-state index < -0.39 is 6.10 Å². The number of thiophene rings is 1. The van der Waals surface area contributed by atoms with Crippen LogP contribution >= 0.6 is 22.9 Å². The highest BCUT2D eigenvalue weighted by Crippen LogP contribution is 2.26. The van der Waals surface area contributed by atoms with E-state index in [-0.39, 0.29) is 12.5 Å². The molecule has 2 heterocycles. The van der Waals surface area contributed by atoms with Crippen molar-refractivity contribution in [1.82, 2.24) is 5.32 Å². The minimum absolute atomic E-state index is 0.168. The third-order valence-electron chi connectivity index (χ3n) is 2.97. The van der Waals surface area contributed by atoms with Gasteiger partial charge in [-0.2, -0.15) is 0 Å². The van der Waals surface area contributed by atoms with Crippen molar-refractivity contribution in [3.63, 3.8) is 0 Å². The number of hydrogen-bond donors (Lipinski definition) is 2. The van der Waals surface area contributed by atoms with E-state index in [4.69, 9.17) is 16.3 Å². The third-order valence-corrected chi connectivity index (χ3v) is 4.30. The fourth-order valence-electron chi connectivity index (χ4n) is 1.91. The Morgan fingerprint density at radius 3 is 3.05 bits per heavy atom. The maximum absolute atomic E-state index is 12.0. The molecule has 0 bridgehead atoms. The molecule has 1 aliphatic heterocycles. The molecular weight excluding hydrogens is 286 g/mol. The number of halogens is 1. The van der Waals surface area contributed by atoms with Gasteiger partial charge in [-0.3, -0.25) is 4.79 Å². The number of aliphatic hydroxyl groups is 1. The Kier molecular flexibility index (Phi) is 4.85. The second kappa shape index (κ2) is 6.41. The van der Waals surface area contributed by atoms with Gasteiger partial charge in [0.25, 0.3) is 5.91 Å². The highest BCUT2D eigenvalue weighted by molar-refractivity contribution is 7.16. The van der Waals surface area contributed by atoms with E-state index >= 15 is 0 Å². The molecule has 0 aromatic carbocycles. The number of rotatable bonds is 4. The van der Waals surface area contributed by atoms with Crippen LogP contribution in [0.2, 0.25) is 4.34 Å². The molecule has 1 aromatic rings. The molecule has 19 heavy (non-hydrogen) atoms.